The average molecular weight is 385 g/mol. The van der Waals surface area contributed by atoms with Crippen LogP contribution >= 0.6 is 11.3 Å². The zero-order valence-electron chi connectivity index (χ0n) is 15.7. The van der Waals surface area contributed by atoms with E-state index in [1.807, 2.05) is 18.4 Å². The Balaban J connectivity index is 1.78. The fourth-order valence-corrected chi connectivity index (χ4v) is 4.75. The lowest BCUT2D eigenvalue weighted by Crippen LogP contribution is -2.38. The number of rotatable bonds is 4. The number of hydrogen-bond acceptors (Lipinski definition) is 6. The number of aryl methyl sites for hydroxylation is 1. The summed E-state index contributed by atoms with van der Waals surface area (Å²) in [5.74, 6) is 0.184. The number of nitrogens with zero attached hydrogens (tertiary/aromatic N) is 2. The van der Waals surface area contributed by atoms with Crippen molar-refractivity contribution in [2.45, 2.75) is 52.1 Å². The quantitative estimate of drug-likeness (QED) is 0.661. The Labute approximate surface area is 162 Å². The normalized spacial score (nSPS) is 18.2. The van der Waals surface area contributed by atoms with Crippen molar-refractivity contribution in [3.05, 3.63) is 45.3 Å². The lowest BCUT2D eigenvalue weighted by molar-refractivity contribution is 0.135. The number of benzene rings is 1. The van der Waals surface area contributed by atoms with E-state index in [1.165, 1.54) is 30.6 Å². The van der Waals surface area contributed by atoms with Crippen molar-refractivity contribution >= 4 is 22.3 Å². The summed E-state index contributed by atoms with van der Waals surface area (Å²) in [5.41, 5.74) is 2.14. The van der Waals surface area contributed by atoms with Crippen LogP contribution in [0.2, 0.25) is 0 Å². The van der Waals surface area contributed by atoms with Crippen LogP contribution in [-0.4, -0.2) is 27.6 Å². The maximum atomic E-state index is 12.6. The van der Waals surface area contributed by atoms with Crippen LogP contribution < -0.4 is 5.63 Å². The Kier molecular flexibility index (Phi) is 5.02. The molecule has 1 atom stereocenters. The van der Waals surface area contributed by atoms with Crippen LogP contribution in [0, 0.1) is 6.92 Å². The highest BCUT2D eigenvalue weighted by atomic mass is 32.1. The molecule has 142 valence electrons. The van der Waals surface area contributed by atoms with Crippen LogP contribution in [-0.2, 0) is 6.54 Å². The fourth-order valence-electron chi connectivity index (χ4n) is 3.94. The minimum atomic E-state index is -0.408. The van der Waals surface area contributed by atoms with E-state index in [9.17, 15) is 9.90 Å². The maximum absolute atomic E-state index is 12.6. The van der Waals surface area contributed by atoms with E-state index in [-0.39, 0.29) is 5.75 Å². The van der Waals surface area contributed by atoms with Crippen molar-refractivity contribution in [3.63, 3.8) is 0 Å². The second-order valence-corrected chi connectivity index (χ2v) is 8.11. The van der Waals surface area contributed by atoms with Crippen LogP contribution in [0.3, 0.4) is 0 Å². The van der Waals surface area contributed by atoms with E-state index in [1.54, 1.807) is 12.1 Å². The zero-order valence-corrected chi connectivity index (χ0v) is 16.5. The Morgan fingerprint density at radius 1 is 1.37 bits per heavy atom. The van der Waals surface area contributed by atoms with Gasteiger partial charge in [-0.1, -0.05) is 13.3 Å². The van der Waals surface area contributed by atoms with Gasteiger partial charge in [0.05, 0.1) is 11.1 Å². The van der Waals surface area contributed by atoms with Gasteiger partial charge in [0.25, 0.3) is 0 Å². The van der Waals surface area contributed by atoms with Gasteiger partial charge in [0.1, 0.15) is 16.3 Å². The molecule has 1 saturated heterocycles. The molecule has 3 aromatic rings. The number of piperidine rings is 1. The SMILES string of the molecule is CC[C@H]1CCCCN1Cc1c(O)ccc2cc(-c3nc(C)cs3)c(=O)oc12. The minimum absolute atomic E-state index is 0.184. The number of hydrogen-bond donors (Lipinski definition) is 1. The van der Waals surface area contributed by atoms with Crippen LogP contribution in [0.5, 0.6) is 5.75 Å². The Morgan fingerprint density at radius 3 is 2.96 bits per heavy atom. The van der Waals surface area contributed by atoms with E-state index < -0.39 is 5.63 Å². The van der Waals surface area contributed by atoms with Crippen molar-refractivity contribution < 1.29 is 9.52 Å². The monoisotopic (exact) mass is 384 g/mol. The third-order valence-corrected chi connectivity index (χ3v) is 6.41. The molecule has 0 bridgehead atoms. The molecule has 6 heteroatoms. The topological polar surface area (TPSA) is 66.6 Å². The molecule has 1 aliphatic rings. The van der Waals surface area contributed by atoms with Gasteiger partial charge in [0, 0.05) is 29.0 Å². The molecule has 0 aliphatic carbocycles. The van der Waals surface area contributed by atoms with Gasteiger partial charge in [-0.3, -0.25) is 4.90 Å². The minimum Gasteiger partial charge on any atom is -0.507 e. The summed E-state index contributed by atoms with van der Waals surface area (Å²) in [4.78, 5) is 19.4. The smallest absolute Gasteiger partial charge is 0.346 e. The molecule has 1 fully saturated rings. The number of phenolic OH excluding ortho intramolecular Hbond substituents is 1. The summed E-state index contributed by atoms with van der Waals surface area (Å²) >= 11 is 1.44. The molecule has 0 spiro atoms. The first-order valence-corrected chi connectivity index (χ1v) is 10.4. The Hall–Kier alpha value is -2.18. The molecule has 0 unspecified atom stereocenters. The van der Waals surface area contributed by atoms with Crippen LogP contribution in [0.1, 0.15) is 43.9 Å². The van der Waals surface area contributed by atoms with Gasteiger partial charge in [-0.2, -0.15) is 0 Å². The standard InChI is InChI=1S/C21H24N2O3S/c1-3-15-6-4-5-9-23(15)11-17-18(24)8-7-14-10-16(21(25)26-19(14)17)20-22-13(2)12-27-20/h7-8,10,12,15,24H,3-6,9,11H2,1-2H3/t15-/m0/s1. The van der Waals surface area contributed by atoms with Gasteiger partial charge in [0.2, 0.25) is 0 Å². The number of thiazole rings is 1. The third-order valence-electron chi connectivity index (χ3n) is 5.41. The largest absolute Gasteiger partial charge is 0.507 e. The molecular weight excluding hydrogens is 360 g/mol. The van der Waals surface area contributed by atoms with Gasteiger partial charge in [0.15, 0.2) is 0 Å². The molecule has 4 rings (SSSR count). The molecule has 3 heterocycles. The fraction of sp³-hybridized carbons (Fsp3) is 0.429. The average Bonchev–Trinajstić information content (AvgIpc) is 3.10. The Morgan fingerprint density at radius 2 is 2.22 bits per heavy atom. The van der Waals surface area contributed by atoms with E-state index >= 15 is 0 Å². The molecule has 0 amide bonds. The van der Waals surface area contributed by atoms with Crippen molar-refractivity contribution in [2.75, 3.05) is 6.54 Å². The summed E-state index contributed by atoms with van der Waals surface area (Å²) < 4.78 is 5.70. The lowest BCUT2D eigenvalue weighted by Gasteiger charge is -2.35. The summed E-state index contributed by atoms with van der Waals surface area (Å²) in [6.45, 7) is 5.71. The molecule has 0 radical (unpaired) electrons. The van der Waals surface area contributed by atoms with Gasteiger partial charge >= 0.3 is 5.63 Å². The predicted molar refractivity (Wildman–Crippen MR) is 108 cm³/mol. The van der Waals surface area contributed by atoms with Crippen molar-refractivity contribution in [3.8, 4) is 16.3 Å². The predicted octanol–water partition coefficient (Wildman–Crippen LogP) is 4.70. The molecule has 1 aromatic carbocycles. The first-order valence-electron chi connectivity index (χ1n) is 9.52. The van der Waals surface area contributed by atoms with Crippen LogP contribution in [0.4, 0.5) is 0 Å². The van der Waals surface area contributed by atoms with Gasteiger partial charge in [-0.25, -0.2) is 9.78 Å². The number of aromatic nitrogens is 1. The van der Waals surface area contributed by atoms with Gasteiger partial charge < -0.3 is 9.52 Å². The highest BCUT2D eigenvalue weighted by molar-refractivity contribution is 7.13. The summed E-state index contributed by atoms with van der Waals surface area (Å²) in [5, 5.41) is 13.9. The highest BCUT2D eigenvalue weighted by Crippen LogP contribution is 2.32. The molecule has 27 heavy (non-hydrogen) atoms. The van der Waals surface area contributed by atoms with Crippen molar-refractivity contribution in [1.29, 1.82) is 0 Å². The molecule has 2 aromatic heterocycles. The second kappa shape index (κ2) is 7.44. The van der Waals surface area contributed by atoms with E-state index in [0.29, 0.717) is 34.3 Å². The summed E-state index contributed by atoms with van der Waals surface area (Å²) in [6.07, 6.45) is 4.68. The van der Waals surface area contributed by atoms with Gasteiger partial charge in [-0.05, 0) is 50.9 Å². The Bertz CT molecular complexity index is 1020. The number of fused-ring (bicyclic) bond motifs is 1. The van der Waals surface area contributed by atoms with Crippen LogP contribution in [0.15, 0.2) is 32.8 Å². The molecule has 1 aliphatic heterocycles. The van der Waals surface area contributed by atoms with E-state index in [4.69, 9.17) is 4.42 Å². The van der Waals surface area contributed by atoms with Crippen LogP contribution in [0.25, 0.3) is 21.5 Å². The second-order valence-electron chi connectivity index (χ2n) is 7.25. The number of phenols is 1. The first kappa shape index (κ1) is 18.2. The van der Waals surface area contributed by atoms with Crippen molar-refractivity contribution in [1.82, 2.24) is 9.88 Å². The van der Waals surface area contributed by atoms with Crippen molar-refractivity contribution in [2.24, 2.45) is 0 Å². The van der Waals surface area contributed by atoms with E-state index in [2.05, 4.69) is 16.8 Å². The summed E-state index contributed by atoms with van der Waals surface area (Å²) in [6, 6.07) is 5.84. The number of aromatic hydroxyl groups is 1. The third kappa shape index (κ3) is 3.51. The molecule has 0 saturated carbocycles. The summed E-state index contributed by atoms with van der Waals surface area (Å²) in [7, 11) is 0. The van der Waals surface area contributed by atoms with E-state index in [0.717, 1.165) is 24.0 Å². The zero-order chi connectivity index (χ0) is 19.0. The van der Waals surface area contributed by atoms with Gasteiger partial charge in [-0.15, -0.1) is 11.3 Å². The molecule has 5 nitrogen and oxygen atoms in total. The molecular formula is C21H24N2O3S. The highest BCUT2D eigenvalue weighted by Gasteiger charge is 2.24. The molecule has 1 N–H and O–H groups in total. The lowest BCUT2D eigenvalue weighted by atomic mass is 9.98. The first-order chi connectivity index (χ1) is 13.1. The maximum Gasteiger partial charge on any atom is 0.346 e. The number of likely N-dealkylation sites (tertiary alicyclic amines) is 1.